The number of hydrogen-bond acceptors (Lipinski definition) is 6. The van der Waals surface area contributed by atoms with Crippen LogP contribution in [0.25, 0.3) is 22.3 Å². The Morgan fingerprint density at radius 1 is 0.528 bits per heavy atom. The summed E-state index contributed by atoms with van der Waals surface area (Å²) in [4.78, 5) is 34.1. The highest BCUT2D eigenvalue weighted by atomic mass is 17.2. The average Bonchev–Trinajstić information content (AvgIpc) is 3.41. The largest absolute Gasteiger partial charge is 0.550 e. The van der Waals surface area contributed by atoms with Crippen molar-refractivity contribution < 1.29 is 28.8 Å². The minimum absolute atomic E-state index is 0.0383. The van der Waals surface area contributed by atoms with Gasteiger partial charge in [-0.2, -0.15) is 4.89 Å². The Morgan fingerprint density at radius 2 is 0.917 bits per heavy atom. The first kappa shape index (κ1) is 22.1. The molecule has 0 radical (unpaired) electrons. The lowest BCUT2D eigenvalue weighted by molar-refractivity contribution is -0.253. The van der Waals surface area contributed by atoms with Crippen LogP contribution in [0.5, 0.6) is 0 Å². The molecular weight excluding hydrogens is 456 g/mol. The summed E-state index contributed by atoms with van der Waals surface area (Å²) in [7, 11) is 0. The number of carbonyl (C=O) groups excluding carboxylic acids is 2. The van der Waals surface area contributed by atoms with Crippen molar-refractivity contribution in [2.45, 2.75) is 11.8 Å². The van der Waals surface area contributed by atoms with Gasteiger partial charge >= 0.3 is 12.3 Å². The van der Waals surface area contributed by atoms with Crippen LogP contribution in [0.2, 0.25) is 0 Å². The Kier molecular flexibility index (Phi) is 5.71. The number of hydrogen-bond donors (Lipinski definition) is 0. The van der Waals surface area contributed by atoms with E-state index in [1.165, 1.54) is 0 Å². The predicted molar refractivity (Wildman–Crippen MR) is 132 cm³/mol. The predicted octanol–water partition coefficient (Wildman–Crippen LogP) is 6.83. The van der Waals surface area contributed by atoms with Crippen molar-refractivity contribution in [2.24, 2.45) is 0 Å². The molecular formula is C30H22O6. The highest BCUT2D eigenvalue weighted by Gasteiger charge is 2.31. The average molecular weight is 479 g/mol. The fourth-order valence-corrected chi connectivity index (χ4v) is 5.29. The van der Waals surface area contributed by atoms with Gasteiger partial charge in [0.25, 0.3) is 0 Å². The zero-order valence-corrected chi connectivity index (χ0v) is 19.3. The van der Waals surface area contributed by atoms with Crippen LogP contribution in [0.1, 0.15) is 34.1 Å². The van der Waals surface area contributed by atoms with Crippen molar-refractivity contribution in [1.82, 2.24) is 0 Å². The monoisotopic (exact) mass is 478 g/mol. The Bertz CT molecular complexity index is 1370. The molecule has 4 aromatic rings. The summed E-state index contributed by atoms with van der Waals surface area (Å²) >= 11 is 0. The summed E-state index contributed by atoms with van der Waals surface area (Å²) < 4.78 is 9.91. The lowest BCUT2D eigenvalue weighted by Gasteiger charge is -2.14. The molecule has 0 atom stereocenters. The first-order chi connectivity index (χ1) is 17.7. The molecule has 6 rings (SSSR count). The van der Waals surface area contributed by atoms with Crippen LogP contribution in [-0.4, -0.2) is 25.5 Å². The Morgan fingerprint density at radius 3 is 1.36 bits per heavy atom. The number of rotatable bonds is 5. The van der Waals surface area contributed by atoms with Gasteiger partial charge in [-0.1, -0.05) is 97.1 Å². The molecule has 0 aromatic heterocycles. The number of ether oxygens (including phenoxy) is 2. The van der Waals surface area contributed by atoms with Gasteiger partial charge in [0, 0.05) is 11.8 Å². The molecule has 0 aliphatic heterocycles. The van der Waals surface area contributed by atoms with Crippen molar-refractivity contribution in [2.75, 3.05) is 13.2 Å². The summed E-state index contributed by atoms with van der Waals surface area (Å²) in [5.41, 5.74) is 8.78. The summed E-state index contributed by atoms with van der Waals surface area (Å²) in [6, 6.07) is 32.0. The molecule has 36 heavy (non-hydrogen) atoms. The van der Waals surface area contributed by atoms with Gasteiger partial charge in [0.1, 0.15) is 13.2 Å². The first-order valence-electron chi connectivity index (χ1n) is 11.7. The molecule has 0 fully saturated rings. The minimum Gasteiger partial charge on any atom is -0.433 e. The highest BCUT2D eigenvalue weighted by Crippen LogP contribution is 2.45. The van der Waals surface area contributed by atoms with Gasteiger partial charge in [0.2, 0.25) is 0 Å². The molecule has 178 valence electrons. The topological polar surface area (TPSA) is 71.1 Å². The van der Waals surface area contributed by atoms with E-state index in [1.54, 1.807) is 0 Å². The maximum atomic E-state index is 12.2. The van der Waals surface area contributed by atoms with E-state index in [-0.39, 0.29) is 25.0 Å². The fourth-order valence-electron chi connectivity index (χ4n) is 5.29. The van der Waals surface area contributed by atoms with Crippen LogP contribution < -0.4 is 0 Å². The van der Waals surface area contributed by atoms with Gasteiger partial charge in [-0.25, -0.2) is 9.59 Å². The summed E-state index contributed by atoms with van der Waals surface area (Å²) in [5.74, 6) is -0.237. The standard InChI is InChI=1S/C30H22O6/c31-29(33-17-27-23-13-5-1-9-19(23)20-10-2-6-14-24(20)27)35-30(32)36-34-18-28-25-15-7-3-11-21(25)22-12-4-8-16-26(22)28/h1-16,27-28H,17-18H2. The van der Waals surface area contributed by atoms with E-state index >= 15 is 0 Å². The molecule has 4 aromatic carbocycles. The van der Waals surface area contributed by atoms with E-state index in [0.29, 0.717) is 0 Å². The normalized spacial score (nSPS) is 13.3. The highest BCUT2D eigenvalue weighted by molar-refractivity contribution is 5.80. The summed E-state index contributed by atoms with van der Waals surface area (Å²) in [6.07, 6.45) is -2.41. The van der Waals surface area contributed by atoms with Gasteiger partial charge in [0.15, 0.2) is 0 Å². The molecule has 2 aliphatic carbocycles. The van der Waals surface area contributed by atoms with Crippen molar-refractivity contribution in [3.05, 3.63) is 119 Å². The second-order valence-corrected chi connectivity index (χ2v) is 8.74. The molecule has 0 unspecified atom stereocenters. The van der Waals surface area contributed by atoms with Crippen LogP contribution >= 0.6 is 0 Å². The van der Waals surface area contributed by atoms with Gasteiger partial charge in [0.05, 0.1) is 0 Å². The Labute approximate surface area is 207 Å². The molecule has 0 saturated heterocycles. The zero-order chi connectivity index (χ0) is 24.5. The second kappa shape index (κ2) is 9.32. The van der Waals surface area contributed by atoms with Gasteiger partial charge in [-0.05, 0) is 44.5 Å². The third kappa shape index (κ3) is 3.91. The molecule has 0 bridgehead atoms. The maximum absolute atomic E-state index is 12.2. The molecule has 0 spiro atoms. The molecule has 0 heterocycles. The fraction of sp³-hybridized carbons (Fsp3) is 0.133. The van der Waals surface area contributed by atoms with Crippen LogP contribution in [0.3, 0.4) is 0 Å². The first-order valence-corrected chi connectivity index (χ1v) is 11.7. The summed E-state index contributed by atoms with van der Waals surface area (Å²) in [6.45, 7) is 0.129. The van der Waals surface area contributed by atoms with Crippen molar-refractivity contribution in [3.63, 3.8) is 0 Å². The van der Waals surface area contributed by atoms with Crippen LogP contribution in [0, 0.1) is 0 Å². The Balaban J connectivity index is 1.03. The van der Waals surface area contributed by atoms with Crippen LogP contribution in [0.15, 0.2) is 97.1 Å². The molecule has 2 aliphatic rings. The maximum Gasteiger partial charge on any atom is 0.550 e. The minimum atomic E-state index is -1.27. The molecule has 6 heteroatoms. The quantitative estimate of drug-likeness (QED) is 0.135. The summed E-state index contributed by atoms with van der Waals surface area (Å²) in [5, 5.41) is 0. The number of benzene rings is 4. The van der Waals surface area contributed by atoms with E-state index in [9.17, 15) is 9.59 Å². The molecule has 0 N–H and O–H groups in total. The van der Waals surface area contributed by atoms with E-state index in [0.717, 1.165) is 44.5 Å². The van der Waals surface area contributed by atoms with E-state index < -0.39 is 12.3 Å². The van der Waals surface area contributed by atoms with Gasteiger partial charge in [-0.15, -0.1) is 0 Å². The number of carbonyl (C=O) groups is 2. The molecule has 6 nitrogen and oxygen atoms in total. The third-order valence-corrected chi connectivity index (χ3v) is 6.82. The van der Waals surface area contributed by atoms with Crippen LogP contribution in [0.4, 0.5) is 9.59 Å². The van der Waals surface area contributed by atoms with Crippen molar-refractivity contribution >= 4 is 12.3 Å². The van der Waals surface area contributed by atoms with E-state index in [1.807, 2.05) is 84.9 Å². The van der Waals surface area contributed by atoms with Crippen LogP contribution in [-0.2, 0) is 19.2 Å². The second-order valence-electron chi connectivity index (χ2n) is 8.74. The Hall–Kier alpha value is -4.42. The van der Waals surface area contributed by atoms with E-state index in [2.05, 4.69) is 16.9 Å². The SMILES string of the molecule is O=C(OCC1c2ccccc2-c2ccccc21)OC(=O)OOCC1c2ccccc2-c2ccccc21. The van der Waals surface area contributed by atoms with Crippen molar-refractivity contribution in [1.29, 1.82) is 0 Å². The zero-order valence-electron chi connectivity index (χ0n) is 19.3. The lowest BCUT2D eigenvalue weighted by Crippen LogP contribution is -2.19. The molecule has 0 saturated carbocycles. The lowest BCUT2D eigenvalue weighted by atomic mass is 9.98. The number of fused-ring (bicyclic) bond motifs is 6. The third-order valence-electron chi connectivity index (χ3n) is 6.82. The smallest absolute Gasteiger partial charge is 0.433 e. The van der Waals surface area contributed by atoms with Crippen molar-refractivity contribution in [3.8, 4) is 22.3 Å². The van der Waals surface area contributed by atoms with E-state index in [4.69, 9.17) is 14.5 Å². The molecule has 0 amide bonds. The van der Waals surface area contributed by atoms with Gasteiger partial charge < -0.3 is 9.47 Å². The van der Waals surface area contributed by atoms with Gasteiger partial charge in [-0.3, -0.25) is 4.89 Å².